The molecule has 1 fully saturated rings. The van der Waals surface area contributed by atoms with E-state index < -0.39 is 17.4 Å². The Morgan fingerprint density at radius 2 is 2.11 bits per heavy atom. The Bertz CT molecular complexity index is 457. The molecular weight excluding hydrogens is 230 g/mol. The van der Waals surface area contributed by atoms with Crippen LogP contribution in [0.3, 0.4) is 0 Å². The van der Waals surface area contributed by atoms with Crippen molar-refractivity contribution >= 4 is 11.9 Å². The van der Waals surface area contributed by atoms with Gasteiger partial charge in [0.25, 0.3) is 0 Å². The topological polar surface area (TPSA) is 66.4 Å². The maximum absolute atomic E-state index is 11.5. The van der Waals surface area contributed by atoms with Gasteiger partial charge in [-0.15, -0.1) is 0 Å². The molecule has 2 N–H and O–H groups in total. The van der Waals surface area contributed by atoms with Crippen LogP contribution in [0, 0.1) is 5.41 Å². The van der Waals surface area contributed by atoms with Gasteiger partial charge >= 0.3 is 5.97 Å². The zero-order chi connectivity index (χ0) is 13.2. The average molecular weight is 247 g/mol. The molecule has 0 aliphatic carbocycles. The second-order valence-corrected chi connectivity index (χ2v) is 4.89. The fourth-order valence-corrected chi connectivity index (χ4v) is 2.73. The number of nitrogens with one attached hydrogen (secondary N) is 1. The highest BCUT2D eigenvalue weighted by molar-refractivity contribution is 5.89. The van der Waals surface area contributed by atoms with E-state index in [4.69, 9.17) is 0 Å². The predicted octanol–water partition coefficient (Wildman–Crippen LogP) is 1.60. The van der Waals surface area contributed by atoms with Crippen molar-refractivity contribution in [2.75, 3.05) is 0 Å². The van der Waals surface area contributed by atoms with Crippen molar-refractivity contribution in [1.29, 1.82) is 0 Å². The zero-order valence-corrected chi connectivity index (χ0v) is 10.3. The fraction of sp³-hybridized carbons (Fsp3) is 0.429. The summed E-state index contributed by atoms with van der Waals surface area (Å²) >= 11 is 0. The number of hydrogen-bond donors (Lipinski definition) is 2. The number of rotatable bonds is 4. The van der Waals surface area contributed by atoms with E-state index in [1.54, 1.807) is 0 Å². The summed E-state index contributed by atoms with van der Waals surface area (Å²) in [7, 11) is 0. The van der Waals surface area contributed by atoms with Gasteiger partial charge in [-0.05, 0) is 18.4 Å². The second kappa shape index (κ2) is 4.80. The molecule has 1 aromatic rings. The largest absolute Gasteiger partial charge is 0.480 e. The van der Waals surface area contributed by atoms with E-state index in [2.05, 4.69) is 5.32 Å². The first-order valence-electron chi connectivity index (χ1n) is 6.13. The first-order chi connectivity index (χ1) is 8.57. The van der Waals surface area contributed by atoms with Crippen LogP contribution in [0.2, 0.25) is 0 Å². The number of carboxylic acid groups (broad SMARTS) is 1. The minimum atomic E-state index is -0.946. The van der Waals surface area contributed by atoms with E-state index >= 15 is 0 Å². The minimum absolute atomic E-state index is 0.166. The van der Waals surface area contributed by atoms with E-state index in [-0.39, 0.29) is 12.3 Å². The van der Waals surface area contributed by atoms with Crippen LogP contribution in [0.5, 0.6) is 0 Å². The van der Waals surface area contributed by atoms with E-state index in [0.717, 1.165) is 5.56 Å². The predicted molar refractivity (Wildman–Crippen MR) is 67.1 cm³/mol. The molecule has 2 rings (SSSR count). The van der Waals surface area contributed by atoms with E-state index in [0.29, 0.717) is 12.8 Å². The molecule has 0 spiro atoms. The van der Waals surface area contributed by atoms with Crippen molar-refractivity contribution in [3.63, 3.8) is 0 Å². The van der Waals surface area contributed by atoms with Crippen LogP contribution >= 0.6 is 0 Å². The molecule has 4 nitrogen and oxygen atoms in total. The number of carbonyl (C=O) groups excluding carboxylic acids is 1. The number of carboxylic acids is 1. The lowest BCUT2D eigenvalue weighted by Gasteiger charge is -2.30. The van der Waals surface area contributed by atoms with Gasteiger partial charge in [-0.1, -0.05) is 37.3 Å². The van der Waals surface area contributed by atoms with E-state index in [1.165, 1.54) is 0 Å². The zero-order valence-electron chi connectivity index (χ0n) is 10.3. The highest BCUT2D eigenvalue weighted by Gasteiger charge is 2.49. The summed E-state index contributed by atoms with van der Waals surface area (Å²) in [4.78, 5) is 22.8. The van der Waals surface area contributed by atoms with Crippen molar-refractivity contribution in [2.24, 2.45) is 5.41 Å². The third-order valence-electron chi connectivity index (χ3n) is 3.78. The van der Waals surface area contributed by atoms with Gasteiger partial charge in [-0.25, -0.2) is 4.79 Å². The fourth-order valence-electron chi connectivity index (χ4n) is 2.73. The quantitative estimate of drug-likeness (QED) is 0.849. The summed E-state index contributed by atoms with van der Waals surface area (Å²) in [5.41, 5.74) is 0.562. The van der Waals surface area contributed by atoms with Crippen LogP contribution in [0.4, 0.5) is 0 Å². The molecule has 4 heteroatoms. The highest BCUT2D eigenvalue weighted by atomic mass is 16.4. The molecule has 96 valence electrons. The summed E-state index contributed by atoms with van der Waals surface area (Å²) in [6.45, 7) is 1.94. The van der Waals surface area contributed by atoms with Gasteiger partial charge in [0.2, 0.25) is 5.91 Å². The first kappa shape index (κ1) is 12.6. The van der Waals surface area contributed by atoms with Gasteiger partial charge in [0.05, 0.1) is 0 Å². The Labute approximate surface area is 106 Å². The minimum Gasteiger partial charge on any atom is -0.480 e. The molecular formula is C14H17NO3. The van der Waals surface area contributed by atoms with Crippen LogP contribution in [0.1, 0.15) is 25.3 Å². The molecule has 1 heterocycles. The van der Waals surface area contributed by atoms with Gasteiger partial charge in [0.1, 0.15) is 6.04 Å². The molecule has 1 saturated heterocycles. The Morgan fingerprint density at radius 3 is 2.67 bits per heavy atom. The van der Waals surface area contributed by atoms with Crippen LogP contribution in [-0.2, 0) is 16.0 Å². The van der Waals surface area contributed by atoms with Gasteiger partial charge < -0.3 is 10.4 Å². The number of amides is 1. The third-order valence-corrected chi connectivity index (χ3v) is 3.78. The Morgan fingerprint density at radius 1 is 1.44 bits per heavy atom. The van der Waals surface area contributed by atoms with E-state index in [1.807, 2.05) is 37.3 Å². The van der Waals surface area contributed by atoms with Gasteiger partial charge in [-0.2, -0.15) is 0 Å². The van der Waals surface area contributed by atoms with Crippen molar-refractivity contribution < 1.29 is 14.7 Å². The Kier molecular flexibility index (Phi) is 3.36. The van der Waals surface area contributed by atoms with Crippen LogP contribution in [0.15, 0.2) is 30.3 Å². The smallest absolute Gasteiger partial charge is 0.326 e. The van der Waals surface area contributed by atoms with E-state index in [9.17, 15) is 14.7 Å². The maximum Gasteiger partial charge on any atom is 0.326 e. The third kappa shape index (κ3) is 2.23. The number of benzene rings is 1. The molecule has 1 amide bonds. The molecule has 1 aromatic carbocycles. The average Bonchev–Trinajstić information content (AvgIpc) is 2.68. The summed E-state index contributed by atoms with van der Waals surface area (Å²) in [6, 6.07) is 8.94. The summed E-state index contributed by atoms with van der Waals surface area (Å²) in [6.07, 6.45) is 1.56. The summed E-state index contributed by atoms with van der Waals surface area (Å²) in [5.74, 6) is -1.11. The molecule has 2 atom stereocenters. The normalized spacial score (nSPS) is 26.9. The molecule has 0 aromatic heterocycles. The lowest BCUT2D eigenvalue weighted by molar-refractivity contribution is -0.142. The lowest BCUT2D eigenvalue weighted by Crippen LogP contribution is -2.44. The molecule has 0 saturated carbocycles. The molecule has 0 radical (unpaired) electrons. The van der Waals surface area contributed by atoms with Crippen molar-refractivity contribution in [3.05, 3.63) is 35.9 Å². The SMILES string of the molecule is CCC1(Cc2ccccc2)CC(=O)NC1C(=O)O. The Hall–Kier alpha value is -1.84. The van der Waals surface area contributed by atoms with Gasteiger partial charge in [0.15, 0.2) is 0 Å². The molecule has 18 heavy (non-hydrogen) atoms. The first-order valence-corrected chi connectivity index (χ1v) is 6.13. The lowest BCUT2D eigenvalue weighted by atomic mass is 9.73. The molecule has 1 aliphatic heterocycles. The summed E-state index contributed by atoms with van der Waals surface area (Å²) < 4.78 is 0. The van der Waals surface area contributed by atoms with Crippen molar-refractivity contribution in [3.8, 4) is 0 Å². The highest BCUT2D eigenvalue weighted by Crippen LogP contribution is 2.39. The second-order valence-electron chi connectivity index (χ2n) is 4.89. The molecule has 0 bridgehead atoms. The van der Waals surface area contributed by atoms with Crippen molar-refractivity contribution in [2.45, 2.75) is 32.2 Å². The molecule has 2 unspecified atom stereocenters. The van der Waals surface area contributed by atoms with Crippen LogP contribution in [0.25, 0.3) is 0 Å². The number of carbonyl (C=O) groups is 2. The van der Waals surface area contributed by atoms with Crippen LogP contribution in [-0.4, -0.2) is 23.0 Å². The summed E-state index contributed by atoms with van der Waals surface area (Å²) in [5, 5.41) is 11.8. The van der Waals surface area contributed by atoms with Crippen molar-refractivity contribution in [1.82, 2.24) is 5.32 Å². The van der Waals surface area contributed by atoms with Gasteiger partial charge in [0, 0.05) is 11.8 Å². The monoisotopic (exact) mass is 247 g/mol. The number of aliphatic carboxylic acids is 1. The standard InChI is InChI=1S/C14H17NO3/c1-2-14(8-10-6-4-3-5-7-10)9-11(16)15-12(14)13(17)18/h3-7,12H,2,8-9H2,1H3,(H,15,16)(H,17,18). The number of hydrogen-bond acceptors (Lipinski definition) is 2. The maximum atomic E-state index is 11.5. The Balaban J connectivity index is 2.29. The molecule has 1 aliphatic rings. The van der Waals surface area contributed by atoms with Gasteiger partial charge in [-0.3, -0.25) is 4.79 Å². The van der Waals surface area contributed by atoms with Crippen LogP contribution < -0.4 is 5.32 Å².